The van der Waals surface area contributed by atoms with Crippen molar-refractivity contribution in [2.75, 3.05) is 17.6 Å². The third kappa shape index (κ3) is 3.29. The molecule has 1 N–H and O–H groups in total. The first-order valence-electron chi connectivity index (χ1n) is 6.71. The van der Waals surface area contributed by atoms with Crippen molar-refractivity contribution >= 4 is 38.4 Å². The Labute approximate surface area is 129 Å². The Morgan fingerprint density at radius 2 is 2.19 bits per heavy atom. The molecule has 2 heterocycles. The maximum absolute atomic E-state index is 12.7. The van der Waals surface area contributed by atoms with Crippen LogP contribution in [-0.4, -0.2) is 22.0 Å². The summed E-state index contributed by atoms with van der Waals surface area (Å²) in [7, 11) is 0. The van der Waals surface area contributed by atoms with E-state index in [9.17, 15) is 13.2 Å². The summed E-state index contributed by atoms with van der Waals surface area (Å²) >= 11 is 3.34. The van der Waals surface area contributed by atoms with Crippen LogP contribution in [0.2, 0.25) is 0 Å². The van der Waals surface area contributed by atoms with Gasteiger partial charge < -0.3 is 5.32 Å². The standard InChI is InChI=1S/C14H15F3N2S2/c1-13(5-2-6-20-13)8-18-12-19-10-7-9(14(15,16)17)3-4-11(10)21-12/h3-4,7H,2,5-6,8H2,1H3,(H,18,19). The maximum atomic E-state index is 12.7. The molecule has 0 saturated carbocycles. The Bertz CT molecular complexity index is 645. The molecule has 114 valence electrons. The smallest absolute Gasteiger partial charge is 0.360 e. The lowest BCUT2D eigenvalue weighted by molar-refractivity contribution is -0.137. The molecule has 0 bridgehead atoms. The van der Waals surface area contributed by atoms with Crippen LogP contribution < -0.4 is 5.32 Å². The van der Waals surface area contributed by atoms with Gasteiger partial charge in [0.25, 0.3) is 0 Å². The van der Waals surface area contributed by atoms with Gasteiger partial charge in [-0.2, -0.15) is 24.9 Å². The van der Waals surface area contributed by atoms with E-state index in [0.29, 0.717) is 10.6 Å². The van der Waals surface area contributed by atoms with Crippen molar-refractivity contribution in [1.82, 2.24) is 4.98 Å². The zero-order valence-corrected chi connectivity index (χ0v) is 13.1. The highest BCUT2D eigenvalue weighted by molar-refractivity contribution is 8.00. The third-order valence-corrected chi connectivity index (χ3v) is 6.16. The summed E-state index contributed by atoms with van der Waals surface area (Å²) in [5, 5.41) is 3.97. The molecule has 0 aliphatic carbocycles. The van der Waals surface area contributed by atoms with Gasteiger partial charge in [0.05, 0.1) is 15.8 Å². The largest absolute Gasteiger partial charge is 0.416 e. The molecule has 0 amide bonds. The molecule has 1 unspecified atom stereocenters. The molecule has 1 aromatic heterocycles. The molecular formula is C14H15F3N2S2. The van der Waals surface area contributed by atoms with Crippen LogP contribution in [0, 0.1) is 0 Å². The minimum Gasteiger partial charge on any atom is -0.360 e. The van der Waals surface area contributed by atoms with E-state index in [4.69, 9.17) is 0 Å². The van der Waals surface area contributed by atoms with Crippen molar-refractivity contribution in [1.29, 1.82) is 0 Å². The number of aromatic nitrogens is 1. The molecule has 0 spiro atoms. The number of hydrogen-bond acceptors (Lipinski definition) is 4. The Balaban J connectivity index is 1.78. The van der Waals surface area contributed by atoms with Gasteiger partial charge in [-0.3, -0.25) is 0 Å². The van der Waals surface area contributed by atoms with Crippen LogP contribution in [0.1, 0.15) is 25.3 Å². The van der Waals surface area contributed by atoms with Crippen LogP contribution in [0.3, 0.4) is 0 Å². The van der Waals surface area contributed by atoms with Crippen molar-refractivity contribution < 1.29 is 13.2 Å². The van der Waals surface area contributed by atoms with E-state index in [0.717, 1.165) is 29.8 Å². The van der Waals surface area contributed by atoms with Crippen LogP contribution in [0.4, 0.5) is 18.3 Å². The first-order chi connectivity index (χ1) is 9.86. The minimum absolute atomic E-state index is 0.203. The highest BCUT2D eigenvalue weighted by Crippen LogP contribution is 2.38. The molecule has 7 heteroatoms. The summed E-state index contributed by atoms with van der Waals surface area (Å²) in [5.41, 5.74) is -0.244. The second-order valence-corrected chi connectivity index (χ2v) is 8.17. The van der Waals surface area contributed by atoms with Gasteiger partial charge in [0, 0.05) is 11.3 Å². The van der Waals surface area contributed by atoms with Crippen LogP contribution in [0.5, 0.6) is 0 Å². The van der Waals surface area contributed by atoms with Crippen molar-refractivity contribution in [3.05, 3.63) is 23.8 Å². The molecule has 3 rings (SSSR count). The highest BCUT2D eigenvalue weighted by Gasteiger charge is 2.31. The molecular weight excluding hydrogens is 317 g/mol. The van der Waals surface area contributed by atoms with Crippen LogP contribution in [0.25, 0.3) is 10.2 Å². The SMILES string of the molecule is CC1(CNc2nc3cc(C(F)(F)F)ccc3s2)CCCS1. The van der Waals surface area contributed by atoms with Crippen molar-refractivity contribution in [3.8, 4) is 0 Å². The molecule has 1 saturated heterocycles. The molecule has 1 fully saturated rings. The van der Waals surface area contributed by atoms with Gasteiger partial charge >= 0.3 is 6.18 Å². The zero-order chi connectivity index (χ0) is 15.1. The van der Waals surface area contributed by atoms with Gasteiger partial charge in [-0.05, 0) is 43.7 Å². The van der Waals surface area contributed by atoms with Gasteiger partial charge in [0.15, 0.2) is 5.13 Å². The Hall–Kier alpha value is -0.950. The number of halogens is 3. The van der Waals surface area contributed by atoms with Crippen LogP contribution >= 0.6 is 23.1 Å². The van der Waals surface area contributed by atoms with E-state index in [1.54, 1.807) is 0 Å². The molecule has 1 aliphatic rings. The summed E-state index contributed by atoms with van der Waals surface area (Å²) in [5.74, 6) is 1.17. The van der Waals surface area contributed by atoms with E-state index in [-0.39, 0.29) is 4.75 Å². The Morgan fingerprint density at radius 3 is 2.86 bits per heavy atom. The summed E-state index contributed by atoms with van der Waals surface area (Å²) in [6.45, 7) is 3.01. The lowest BCUT2D eigenvalue weighted by atomic mass is 10.1. The van der Waals surface area contributed by atoms with Crippen LogP contribution in [0.15, 0.2) is 18.2 Å². The zero-order valence-electron chi connectivity index (χ0n) is 11.5. The van der Waals surface area contributed by atoms with Gasteiger partial charge in [0.1, 0.15) is 0 Å². The first kappa shape index (κ1) is 15.0. The van der Waals surface area contributed by atoms with Gasteiger partial charge in [0.2, 0.25) is 0 Å². The Kier molecular flexibility index (Phi) is 3.81. The molecule has 2 aromatic rings. The van der Waals surface area contributed by atoms with E-state index in [2.05, 4.69) is 17.2 Å². The first-order valence-corrected chi connectivity index (χ1v) is 8.52. The summed E-state index contributed by atoms with van der Waals surface area (Å²) < 4.78 is 39.0. The topological polar surface area (TPSA) is 24.9 Å². The maximum Gasteiger partial charge on any atom is 0.416 e. The van der Waals surface area contributed by atoms with Gasteiger partial charge in [-0.25, -0.2) is 4.98 Å². The number of thiazole rings is 1. The van der Waals surface area contributed by atoms with Gasteiger partial charge in [-0.15, -0.1) is 0 Å². The lowest BCUT2D eigenvalue weighted by Crippen LogP contribution is -2.26. The number of benzene rings is 1. The van der Waals surface area contributed by atoms with Crippen molar-refractivity contribution in [3.63, 3.8) is 0 Å². The number of alkyl halides is 3. The molecule has 1 aromatic carbocycles. The van der Waals surface area contributed by atoms with E-state index in [1.165, 1.54) is 29.6 Å². The number of hydrogen-bond donors (Lipinski definition) is 1. The highest BCUT2D eigenvalue weighted by atomic mass is 32.2. The number of nitrogens with zero attached hydrogens (tertiary/aromatic N) is 1. The molecule has 0 radical (unpaired) electrons. The fourth-order valence-corrected chi connectivity index (χ4v) is 4.50. The van der Waals surface area contributed by atoms with E-state index >= 15 is 0 Å². The number of thioether (sulfide) groups is 1. The second kappa shape index (κ2) is 5.35. The Morgan fingerprint density at radius 1 is 1.38 bits per heavy atom. The number of fused-ring (bicyclic) bond motifs is 1. The fraction of sp³-hybridized carbons (Fsp3) is 0.500. The summed E-state index contributed by atoms with van der Waals surface area (Å²) in [6, 6.07) is 3.72. The molecule has 2 nitrogen and oxygen atoms in total. The third-order valence-electron chi connectivity index (χ3n) is 3.63. The quantitative estimate of drug-likeness (QED) is 0.855. The van der Waals surface area contributed by atoms with Crippen LogP contribution in [-0.2, 0) is 6.18 Å². The predicted octanol–water partition coefficient (Wildman–Crippen LogP) is 5.01. The van der Waals surface area contributed by atoms with E-state index < -0.39 is 11.7 Å². The average molecular weight is 332 g/mol. The number of rotatable bonds is 3. The molecule has 1 atom stereocenters. The molecule has 1 aliphatic heterocycles. The van der Waals surface area contributed by atoms with Gasteiger partial charge in [-0.1, -0.05) is 11.3 Å². The number of nitrogens with one attached hydrogen (secondary N) is 1. The van der Waals surface area contributed by atoms with Crippen molar-refractivity contribution in [2.45, 2.75) is 30.7 Å². The predicted molar refractivity (Wildman–Crippen MR) is 83.2 cm³/mol. The summed E-state index contributed by atoms with van der Waals surface area (Å²) in [6.07, 6.45) is -1.94. The van der Waals surface area contributed by atoms with Crippen molar-refractivity contribution in [2.24, 2.45) is 0 Å². The molecule has 21 heavy (non-hydrogen) atoms. The minimum atomic E-state index is -4.32. The number of anilines is 1. The lowest BCUT2D eigenvalue weighted by Gasteiger charge is -2.22. The fourth-order valence-electron chi connectivity index (χ4n) is 2.42. The average Bonchev–Trinajstić information content (AvgIpc) is 3.01. The monoisotopic (exact) mass is 332 g/mol. The second-order valence-electron chi connectivity index (χ2n) is 5.45. The van der Waals surface area contributed by atoms with E-state index in [1.807, 2.05) is 11.8 Å². The summed E-state index contributed by atoms with van der Waals surface area (Å²) in [4.78, 5) is 4.28. The normalized spacial score (nSPS) is 22.9.